The fourth-order valence-corrected chi connectivity index (χ4v) is 1.68. The minimum absolute atomic E-state index is 0.0308. The fraction of sp³-hybridized carbons (Fsp3) is 0.417. The minimum atomic E-state index is -0.894. The molecule has 6 nitrogen and oxygen atoms in total. The lowest BCUT2D eigenvalue weighted by molar-refractivity contribution is -0.137. The second kappa shape index (κ2) is 5.48. The van der Waals surface area contributed by atoms with E-state index in [2.05, 4.69) is 10.3 Å². The van der Waals surface area contributed by atoms with E-state index in [0.29, 0.717) is 5.69 Å². The van der Waals surface area contributed by atoms with Gasteiger partial charge >= 0.3 is 12.0 Å². The van der Waals surface area contributed by atoms with E-state index in [1.807, 2.05) is 0 Å². The van der Waals surface area contributed by atoms with Gasteiger partial charge in [-0.1, -0.05) is 0 Å². The van der Waals surface area contributed by atoms with Crippen molar-refractivity contribution < 1.29 is 14.7 Å². The van der Waals surface area contributed by atoms with E-state index in [1.165, 1.54) is 0 Å². The molecule has 0 saturated heterocycles. The third kappa shape index (κ3) is 3.44. The number of carbonyl (C=O) groups is 2. The van der Waals surface area contributed by atoms with Crippen LogP contribution in [0.25, 0.3) is 0 Å². The van der Waals surface area contributed by atoms with Gasteiger partial charge in [0.15, 0.2) is 0 Å². The van der Waals surface area contributed by atoms with Crippen LogP contribution in [0.3, 0.4) is 0 Å². The molecule has 2 amide bonds. The van der Waals surface area contributed by atoms with E-state index in [1.54, 1.807) is 29.4 Å². The van der Waals surface area contributed by atoms with Crippen LogP contribution in [-0.2, 0) is 4.79 Å². The summed E-state index contributed by atoms with van der Waals surface area (Å²) in [5, 5.41) is 11.4. The molecule has 0 bridgehead atoms. The van der Waals surface area contributed by atoms with Gasteiger partial charge in [-0.05, 0) is 25.0 Å². The van der Waals surface area contributed by atoms with E-state index in [9.17, 15) is 9.59 Å². The number of amides is 2. The largest absolute Gasteiger partial charge is 0.481 e. The Bertz CT molecular complexity index is 431. The van der Waals surface area contributed by atoms with Crippen LogP contribution >= 0.6 is 0 Å². The molecule has 0 spiro atoms. The molecule has 96 valence electrons. The number of nitrogens with one attached hydrogen (secondary N) is 1. The molecular formula is C12H15N3O3. The van der Waals surface area contributed by atoms with Crippen LogP contribution in [0.15, 0.2) is 24.5 Å². The Hall–Kier alpha value is -2.11. The Morgan fingerprint density at radius 1 is 1.50 bits per heavy atom. The second-order valence-electron chi connectivity index (χ2n) is 4.24. The summed E-state index contributed by atoms with van der Waals surface area (Å²) in [5.41, 5.74) is 0.614. The topological polar surface area (TPSA) is 82.5 Å². The molecule has 1 aliphatic rings. The third-order valence-corrected chi connectivity index (χ3v) is 2.73. The highest BCUT2D eigenvalue weighted by Crippen LogP contribution is 2.27. The van der Waals surface area contributed by atoms with Gasteiger partial charge in [-0.15, -0.1) is 0 Å². The number of hydrogen-bond donors (Lipinski definition) is 2. The number of pyridine rings is 1. The van der Waals surface area contributed by atoms with E-state index >= 15 is 0 Å². The van der Waals surface area contributed by atoms with Gasteiger partial charge in [-0.2, -0.15) is 0 Å². The molecule has 1 aromatic rings. The first-order chi connectivity index (χ1) is 8.66. The molecule has 0 unspecified atom stereocenters. The average molecular weight is 249 g/mol. The Morgan fingerprint density at radius 2 is 2.28 bits per heavy atom. The van der Waals surface area contributed by atoms with Gasteiger partial charge in [0.05, 0.1) is 18.3 Å². The SMILES string of the molecule is O=C(O)CCN(C(=O)Nc1cccnc1)C1CC1. The maximum atomic E-state index is 12.0. The molecular weight excluding hydrogens is 234 g/mol. The lowest BCUT2D eigenvalue weighted by atomic mass is 10.3. The number of carbonyl (C=O) groups excluding carboxylic acids is 1. The fourth-order valence-electron chi connectivity index (χ4n) is 1.68. The van der Waals surface area contributed by atoms with Crippen molar-refractivity contribution >= 4 is 17.7 Å². The first kappa shape index (κ1) is 12.3. The summed E-state index contributed by atoms with van der Waals surface area (Å²) in [7, 11) is 0. The lowest BCUT2D eigenvalue weighted by Crippen LogP contribution is -2.38. The van der Waals surface area contributed by atoms with Gasteiger partial charge in [0.25, 0.3) is 0 Å². The number of carboxylic acids is 1. The number of aliphatic carboxylic acids is 1. The summed E-state index contributed by atoms with van der Waals surface area (Å²) in [4.78, 5) is 28.0. The summed E-state index contributed by atoms with van der Waals surface area (Å²) in [6.07, 6.45) is 5.04. The van der Waals surface area contributed by atoms with Crippen LogP contribution in [-0.4, -0.2) is 39.6 Å². The smallest absolute Gasteiger partial charge is 0.322 e. The first-order valence-corrected chi connectivity index (χ1v) is 5.86. The van der Waals surface area contributed by atoms with Crippen molar-refractivity contribution in [3.8, 4) is 0 Å². The third-order valence-electron chi connectivity index (χ3n) is 2.73. The average Bonchev–Trinajstić information content (AvgIpc) is 3.14. The molecule has 1 heterocycles. The van der Waals surface area contributed by atoms with E-state index < -0.39 is 5.97 Å². The van der Waals surface area contributed by atoms with Gasteiger partial charge in [0.2, 0.25) is 0 Å². The molecule has 0 radical (unpaired) electrons. The van der Waals surface area contributed by atoms with Crippen LogP contribution in [0.5, 0.6) is 0 Å². The van der Waals surface area contributed by atoms with Crippen molar-refractivity contribution in [2.45, 2.75) is 25.3 Å². The Balaban J connectivity index is 1.93. The predicted octanol–water partition coefficient (Wildman–Crippen LogP) is 1.55. The number of nitrogens with zero attached hydrogens (tertiary/aromatic N) is 2. The highest BCUT2D eigenvalue weighted by molar-refractivity contribution is 5.89. The van der Waals surface area contributed by atoms with Gasteiger partial charge in [-0.25, -0.2) is 4.79 Å². The van der Waals surface area contributed by atoms with Crippen LogP contribution in [0.4, 0.5) is 10.5 Å². The highest BCUT2D eigenvalue weighted by Gasteiger charge is 2.32. The van der Waals surface area contributed by atoms with Gasteiger partial charge < -0.3 is 15.3 Å². The predicted molar refractivity (Wildman–Crippen MR) is 65.2 cm³/mol. The molecule has 0 aliphatic heterocycles. The number of hydrogen-bond acceptors (Lipinski definition) is 3. The standard InChI is InChI=1S/C12H15N3O3/c16-11(17)5-7-15(10-3-4-10)12(18)14-9-2-1-6-13-8-9/h1-2,6,8,10H,3-5,7H2,(H,14,18)(H,16,17). The number of urea groups is 1. The quantitative estimate of drug-likeness (QED) is 0.829. The van der Waals surface area contributed by atoms with E-state index in [4.69, 9.17) is 5.11 Å². The number of rotatable bonds is 5. The Labute approximate surface area is 105 Å². The minimum Gasteiger partial charge on any atom is -0.481 e. The number of aromatic nitrogens is 1. The van der Waals surface area contributed by atoms with E-state index in [0.717, 1.165) is 12.8 Å². The molecule has 0 atom stereocenters. The Morgan fingerprint density at radius 3 is 2.83 bits per heavy atom. The van der Waals surface area contributed by atoms with Crippen molar-refractivity contribution in [1.29, 1.82) is 0 Å². The van der Waals surface area contributed by atoms with Crippen LogP contribution in [0.2, 0.25) is 0 Å². The highest BCUT2D eigenvalue weighted by atomic mass is 16.4. The van der Waals surface area contributed by atoms with Gasteiger partial charge in [-0.3, -0.25) is 9.78 Å². The van der Waals surface area contributed by atoms with Crippen molar-refractivity contribution in [3.63, 3.8) is 0 Å². The molecule has 6 heteroatoms. The number of anilines is 1. The normalized spacial score (nSPS) is 14.0. The summed E-state index contributed by atoms with van der Waals surface area (Å²) >= 11 is 0. The molecule has 2 N–H and O–H groups in total. The molecule has 1 saturated carbocycles. The summed E-state index contributed by atoms with van der Waals surface area (Å²) in [6, 6.07) is 3.40. The molecule has 2 rings (SSSR count). The zero-order valence-corrected chi connectivity index (χ0v) is 9.87. The zero-order valence-electron chi connectivity index (χ0n) is 9.87. The van der Waals surface area contributed by atoms with E-state index in [-0.39, 0.29) is 25.0 Å². The monoisotopic (exact) mass is 249 g/mol. The van der Waals surface area contributed by atoms with Crippen LogP contribution in [0.1, 0.15) is 19.3 Å². The van der Waals surface area contributed by atoms with Crippen molar-refractivity contribution in [3.05, 3.63) is 24.5 Å². The molecule has 1 fully saturated rings. The summed E-state index contributed by atoms with van der Waals surface area (Å²) < 4.78 is 0. The maximum Gasteiger partial charge on any atom is 0.322 e. The van der Waals surface area contributed by atoms with Crippen molar-refractivity contribution in [1.82, 2.24) is 9.88 Å². The second-order valence-corrected chi connectivity index (χ2v) is 4.24. The van der Waals surface area contributed by atoms with Crippen LogP contribution in [0, 0.1) is 0 Å². The van der Waals surface area contributed by atoms with Gasteiger partial charge in [0, 0.05) is 18.8 Å². The number of carboxylic acid groups (broad SMARTS) is 1. The zero-order chi connectivity index (χ0) is 13.0. The Kier molecular flexibility index (Phi) is 3.76. The molecule has 1 aromatic heterocycles. The summed E-state index contributed by atoms with van der Waals surface area (Å²) in [5.74, 6) is -0.894. The van der Waals surface area contributed by atoms with Gasteiger partial charge in [0.1, 0.15) is 0 Å². The summed E-state index contributed by atoms with van der Waals surface area (Å²) in [6.45, 7) is 0.242. The molecule has 0 aromatic carbocycles. The van der Waals surface area contributed by atoms with Crippen molar-refractivity contribution in [2.75, 3.05) is 11.9 Å². The van der Waals surface area contributed by atoms with Crippen molar-refractivity contribution in [2.24, 2.45) is 0 Å². The lowest BCUT2D eigenvalue weighted by Gasteiger charge is -2.21. The van der Waals surface area contributed by atoms with Crippen LogP contribution < -0.4 is 5.32 Å². The molecule has 18 heavy (non-hydrogen) atoms. The first-order valence-electron chi connectivity index (χ1n) is 5.86. The maximum absolute atomic E-state index is 12.0. The molecule has 1 aliphatic carbocycles.